The SMILES string of the molecule is O=C(Nc1cc(Br)c[nH]c1=O)C1CC12CCNCC2. The van der Waals surface area contributed by atoms with E-state index in [1.165, 1.54) is 0 Å². The summed E-state index contributed by atoms with van der Waals surface area (Å²) < 4.78 is 0.745. The van der Waals surface area contributed by atoms with Gasteiger partial charge in [-0.3, -0.25) is 9.59 Å². The molecule has 2 heterocycles. The standard InChI is InChI=1S/C13H16BrN3O2/c14-8-5-10(12(19)16-7-8)17-11(18)9-6-13(9)1-3-15-4-2-13/h5,7,9,15H,1-4,6H2,(H,16,19)(H,17,18). The van der Waals surface area contributed by atoms with Gasteiger partial charge in [-0.15, -0.1) is 0 Å². The molecule has 1 aromatic rings. The summed E-state index contributed by atoms with van der Waals surface area (Å²) in [6.07, 6.45) is 4.62. The van der Waals surface area contributed by atoms with Crippen molar-refractivity contribution in [3.8, 4) is 0 Å². The molecule has 2 aliphatic rings. The zero-order valence-electron chi connectivity index (χ0n) is 10.5. The monoisotopic (exact) mass is 325 g/mol. The van der Waals surface area contributed by atoms with Crippen LogP contribution in [-0.4, -0.2) is 24.0 Å². The van der Waals surface area contributed by atoms with Gasteiger partial charge in [-0.05, 0) is 59.8 Å². The minimum atomic E-state index is -0.267. The van der Waals surface area contributed by atoms with E-state index >= 15 is 0 Å². The van der Waals surface area contributed by atoms with E-state index in [0.29, 0.717) is 5.69 Å². The van der Waals surface area contributed by atoms with E-state index in [9.17, 15) is 9.59 Å². The van der Waals surface area contributed by atoms with Crippen molar-refractivity contribution in [1.82, 2.24) is 10.3 Å². The van der Waals surface area contributed by atoms with Gasteiger partial charge in [0.1, 0.15) is 5.69 Å². The molecule has 1 amide bonds. The maximum absolute atomic E-state index is 12.2. The van der Waals surface area contributed by atoms with Crippen LogP contribution in [0.3, 0.4) is 0 Å². The second-order valence-corrected chi connectivity index (χ2v) is 6.33. The number of pyridine rings is 1. The Hall–Kier alpha value is -1.14. The lowest BCUT2D eigenvalue weighted by Crippen LogP contribution is -2.32. The summed E-state index contributed by atoms with van der Waals surface area (Å²) in [5, 5.41) is 6.06. The number of halogens is 1. The molecule has 6 heteroatoms. The van der Waals surface area contributed by atoms with Crippen LogP contribution in [0.2, 0.25) is 0 Å². The molecule has 1 saturated heterocycles. The van der Waals surface area contributed by atoms with Crippen molar-refractivity contribution in [1.29, 1.82) is 0 Å². The van der Waals surface area contributed by atoms with E-state index in [4.69, 9.17) is 0 Å². The van der Waals surface area contributed by atoms with E-state index in [1.54, 1.807) is 12.3 Å². The number of anilines is 1. The Morgan fingerprint density at radius 3 is 2.89 bits per heavy atom. The topological polar surface area (TPSA) is 74.0 Å². The fraction of sp³-hybridized carbons (Fsp3) is 0.538. The molecular formula is C13H16BrN3O2. The lowest BCUT2D eigenvalue weighted by Gasteiger charge is -2.23. The van der Waals surface area contributed by atoms with Crippen LogP contribution in [0.5, 0.6) is 0 Å². The lowest BCUT2D eigenvalue weighted by atomic mass is 9.92. The molecule has 19 heavy (non-hydrogen) atoms. The minimum Gasteiger partial charge on any atom is -0.326 e. The lowest BCUT2D eigenvalue weighted by molar-refractivity contribution is -0.118. The molecule has 0 radical (unpaired) electrons. The molecule has 1 aliphatic heterocycles. The Morgan fingerprint density at radius 2 is 2.16 bits per heavy atom. The average Bonchev–Trinajstić information content (AvgIpc) is 3.08. The highest BCUT2D eigenvalue weighted by Gasteiger charge is 2.57. The van der Waals surface area contributed by atoms with Crippen LogP contribution in [0, 0.1) is 11.3 Å². The van der Waals surface area contributed by atoms with Gasteiger partial charge in [-0.1, -0.05) is 0 Å². The van der Waals surface area contributed by atoms with Gasteiger partial charge < -0.3 is 15.6 Å². The van der Waals surface area contributed by atoms with Gasteiger partial charge in [0.15, 0.2) is 0 Å². The molecule has 3 N–H and O–H groups in total. The molecule has 1 unspecified atom stereocenters. The fourth-order valence-electron chi connectivity index (χ4n) is 2.97. The summed E-state index contributed by atoms with van der Waals surface area (Å²) in [5.74, 6) is 0.0403. The number of amides is 1. The van der Waals surface area contributed by atoms with Crippen molar-refractivity contribution >= 4 is 27.5 Å². The summed E-state index contributed by atoms with van der Waals surface area (Å²) in [7, 11) is 0. The number of nitrogens with one attached hydrogen (secondary N) is 3. The predicted octanol–water partition coefficient (Wildman–Crippen LogP) is 1.47. The minimum absolute atomic E-state index is 0.0227. The van der Waals surface area contributed by atoms with Gasteiger partial charge in [-0.2, -0.15) is 0 Å². The van der Waals surface area contributed by atoms with Gasteiger partial charge in [0, 0.05) is 16.6 Å². The molecule has 1 aromatic heterocycles. The first-order chi connectivity index (χ1) is 9.11. The van der Waals surface area contributed by atoms with Crippen LogP contribution in [-0.2, 0) is 4.79 Å². The Balaban J connectivity index is 1.69. The van der Waals surface area contributed by atoms with Crippen molar-refractivity contribution in [2.24, 2.45) is 11.3 Å². The molecule has 1 aliphatic carbocycles. The first-order valence-corrected chi connectivity index (χ1v) is 7.30. The molecule has 3 rings (SSSR count). The predicted molar refractivity (Wildman–Crippen MR) is 76.0 cm³/mol. The van der Waals surface area contributed by atoms with Crippen molar-refractivity contribution < 1.29 is 4.79 Å². The van der Waals surface area contributed by atoms with Crippen molar-refractivity contribution in [2.45, 2.75) is 19.3 Å². The van der Waals surface area contributed by atoms with Crippen LogP contribution in [0.4, 0.5) is 5.69 Å². The first kappa shape index (κ1) is 12.9. The summed E-state index contributed by atoms with van der Waals surface area (Å²) in [6.45, 7) is 1.97. The molecule has 1 saturated carbocycles. The summed E-state index contributed by atoms with van der Waals surface area (Å²) >= 11 is 3.28. The molecule has 1 atom stereocenters. The molecule has 1 spiro atoms. The normalized spacial score (nSPS) is 24.2. The molecule has 2 fully saturated rings. The van der Waals surface area contributed by atoms with Crippen molar-refractivity contribution in [3.63, 3.8) is 0 Å². The maximum atomic E-state index is 12.2. The number of piperidine rings is 1. The Kier molecular flexibility index (Phi) is 3.22. The number of hydrogen-bond acceptors (Lipinski definition) is 3. The number of rotatable bonds is 2. The third kappa shape index (κ3) is 2.47. The van der Waals surface area contributed by atoms with E-state index in [1.807, 2.05) is 0 Å². The number of H-pyrrole nitrogens is 1. The first-order valence-electron chi connectivity index (χ1n) is 6.51. The summed E-state index contributed by atoms with van der Waals surface area (Å²) in [5.41, 5.74) is 0.237. The summed E-state index contributed by atoms with van der Waals surface area (Å²) in [4.78, 5) is 26.4. The quantitative estimate of drug-likeness (QED) is 0.770. The van der Waals surface area contributed by atoms with Gasteiger partial charge in [-0.25, -0.2) is 0 Å². The number of aromatic amines is 1. The smallest absolute Gasteiger partial charge is 0.271 e. The molecule has 0 bridgehead atoms. The van der Waals surface area contributed by atoms with Crippen LogP contribution in [0.15, 0.2) is 21.5 Å². The highest BCUT2D eigenvalue weighted by Crippen LogP contribution is 2.58. The zero-order valence-corrected chi connectivity index (χ0v) is 12.0. The Morgan fingerprint density at radius 1 is 1.42 bits per heavy atom. The van der Waals surface area contributed by atoms with E-state index in [2.05, 4.69) is 31.5 Å². The van der Waals surface area contributed by atoms with Gasteiger partial charge in [0.25, 0.3) is 5.56 Å². The van der Waals surface area contributed by atoms with Gasteiger partial charge in [0.05, 0.1) is 0 Å². The third-order valence-corrected chi connectivity index (χ3v) is 4.69. The Labute approximate surface area is 119 Å². The van der Waals surface area contributed by atoms with Crippen molar-refractivity contribution in [2.75, 3.05) is 18.4 Å². The number of aromatic nitrogens is 1. The Bertz CT molecular complexity index is 563. The van der Waals surface area contributed by atoms with E-state index in [-0.39, 0.29) is 22.8 Å². The van der Waals surface area contributed by atoms with Gasteiger partial charge in [0.2, 0.25) is 5.91 Å². The summed E-state index contributed by atoms with van der Waals surface area (Å²) in [6, 6.07) is 1.63. The van der Waals surface area contributed by atoms with E-state index < -0.39 is 0 Å². The van der Waals surface area contributed by atoms with Crippen LogP contribution in [0.25, 0.3) is 0 Å². The third-order valence-electron chi connectivity index (χ3n) is 4.23. The van der Waals surface area contributed by atoms with Crippen molar-refractivity contribution in [3.05, 3.63) is 27.1 Å². The molecule has 102 valence electrons. The number of carbonyl (C=O) groups excluding carboxylic acids is 1. The fourth-order valence-corrected chi connectivity index (χ4v) is 3.31. The molecule has 0 aromatic carbocycles. The number of carbonyl (C=O) groups is 1. The van der Waals surface area contributed by atoms with Crippen LogP contribution >= 0.6 is 15.9 Å². The molecule has 5 nitrogen and oxygen atoms in total. The second-order valence-electron chi connectivity index (χ2n) is 5.42. The van der Waals surface area contributed by atoms with Crippen LogP contribution < -0.4 is 16.2 Å². The average molecular weight is 326 g/mol. The zero-order chi connectivity index (χ0) is 13.5. The second kappa shape index (κ2) is 4.76. The highest BCUT2D eigenvalue weighted by atomic mass is 79.9. The largest absolute Gasteiger partial charge is 0.326 e. The van der Waals surface area contributed by atoms with Crippen LogP contribution in [0.1, 0.15) is 19.3 Å². The van der Waals surface area contributed by atoms with E-state index in [0.717, 1.165) is 36.8 Å². The maximum Gasteiger partial charge on any atom is 0.271 e. The highest BCUT2D eigenvalue weighted by molar-refractivity contribution is 9.10. The van der Waals surface area contributed by atoms with Gasteiger partial charge >= 0.3 is 0 Å². The number of hydrogen-bond donors (Lipinski definition) is 3. The molecular weight excluding hydrogens is 310 g/mol.